The van der Waals surface area contributed by atoms with Crippen molar-refractivity contribution < 1.29 is 13.2 Å². The summed E-state index contributed by atoms with van der Waals surface area (Å²) in [6.07, 6.45) is 1.55. The van der Waals surface area contributed by atoms with Crippen LogP contribution in [0.2, 0.25) is 0 Å². The van der Waals surface area contributed by atoms with E-state index in [2.05, 4.69) is 31.0 Å². The Balaban J connectivity index is 2.24. The molecule has 6 nitrogen and oxygen atoms in total. The van der Waals surface area contributed by atoms with Crippen LogP contribution in [0.3, 0.4) is 0 Å². The fourth-order valence-corrected chi connectivity index (χ4v) is 3.13. The predicted octanol–water partition coefficient (Wildman–Crippen LogP) is 2.60. The van der Waals surface area contributed by atoms with Crippen molar-refractivity contribution in [3.05, 3.63) is 47.2 Å². The second kappa shape index (κ2) is 6.23. The first-order chi connectivity index (χ1) is 9.88. The molecule has 1 aromatic carbocycles. The molecule has 0 unspecified atom stereocenters. The van der Waals surface area contributed by atoms with Gasteiger partial charge in [0.25, 0.3) is 10.0 Å². The first-order valence-corrected chi connectivity index (χ1v) is 8.17. The summed E-state index contributed by atoms with van der Waals surface area (Å²) < 4.78 is 27.3. The Morgan fingerprint density at radius 1 is 1.19 bits per heavy atom. The Morgan fingerprint density at radius 3 is 2.43 bits per heavy atom. The second-order valence-corrected chi connectivity index (χ2v) is 6.59. The minimum absolute atomic E-state index is 0.0901. The number of hydrogen-bond donors (Lipinski definition) is 2. The Kier molecular flexibility index (Phi) is 4.59. The van der Waals surface area contributed by atoms with Crippen LogP contribution in [-0.2, 0) is 14.8 Å². The summed E-state index contributed by atoms with van der Waals surface area (Å²) in [7, 11) is -3.71. The zero-order valence-corrected chi connectivity index (χ0v) is 13.4. The third kappa shape index (κ3) is 4.02. The highest BCUT2D eigenvalue weighted by molar-refractivity contribution is 9.10. The molecule has 0 radical (unpaired) electrons. The van der Waals surface area contributed by atoms with Crippen molar-refractivity contribution >= 4 is 43.2 Å². The molecule has 0 aliphatic rings. The lowest BCUT2D eigenvalue weighted by Crippen LogP contribution is -2.14. The third-order valence-electron chi connectivity index (χ3n) is 2.49. The Bertz CT molecular complexity index is 760. The molecule has 0 atom stereocenters. The van der Waals surface area contributed by atoms with Crippen molar-refractivity contribution in [2.75, 3.05) is 10.0 Å². The first kappa shape index (κ1) is 15.5. The number of rotatable bonds is 4. The fourth-order valence-electron chi connectivity index (χ4n) is 1.59. The summed E-state index contributed by atoms with van der Waals surface area (Å²) in [6, 6.07) is 9.10. The van der Waals surface area contributed by atoms with Crippen molar-refractivity contribution in [2.45, 2.75) is 11.8 Å². The van der Waals surface area contributed by atoms with E-state index in [1.54, 1.807) is 18.3 Å². The molecule has 0 saturated heterocycles. The van der Waals surface area contributed by atoms with Crippen molar-refractivity contribution in [2.24, 2.45) is 0 Å². The summed E-state index contributed by atoms with van der Waals surface area (Å²) in [4.78, 5) is 15.0. The lowest BCUT2D eigenvalue weighted by atomic mass is 10.3. The lowest BCUT2D eigenvalue weighted by molar-refractivity contribution is -0.114. The number of anilines is 2. The zero-order valence-electron chi connectivity index (χ0n) is 11.0. The lowest BCUT2D eigenvalue weighted by Gasteiger charge is -2.09. The molecular formula is C13H12BrN3O3S. The fraction of sp³-hybridized carbons (Fsp3) is 0.0769. The number of carbonyl (C=O) groups is 1. The van der Waals surface area contributed by atoms with E-state index in [9.17, 15) is 13.2 Å². The van der Waals surface area contributed by atoms with Gasteiger partial charge in [0, 0.05) is 18.8 Å². The van der Waals surface area contributed by atoms with Crippen LogP contribution < -0.4 is 10.0 Å². The smallest absolute Gasteiger partial charge is 0.261 e. The zero-order chi connectivity index (χ0) is 15.5. The van der Waals surface area contributed by atoms with Gasteiger partial charge in [0.05, 0.1) is 10.6 Å². The quantitative estimate of drug-likeness (QED) is 0.810. The van der Waals surface area contributed by atoms with Gasteiger partial charge in [-0.2, -0.15) is 0 Å². The molecule has 0 fully saturated rings. The molecule has 1 heterocycles. The molecule has 2 aromatic rings. The van der Waals surface area contributed by atoms with Crippen LogP contribution in [0.1, 0.15) is 6.92 Å². The Hall–Kier alpha value is -1.93. The number of benzene rings is 1. The van der Waals surface area contributed by atoms with E-state index in [-0.39, 0.29) is 10.8 Å². The van der Waals surface area contributed by atoms with E-state index in [1.165, 1.54) is 31.2 Å². The van der Waals surface area contributed by atoms with Gasteiger partial charge in [0.2, 0.25) is 5.91 Å². The number of amides is 1. The molecule has 8 heteroatoms. The highest BCUT2D eigenvalue weighted by Gasteiger charge is 2.15. The molecule has 2 rings (SSSR count). The molecule has 1 amide bonds. The molecule has 0 aliphatic carbocycles. The van der Waals surface area contributed by atoms with Gasteiger partial charge in [0.1, 0.15) is 4.60 Å². The standard InChI is InChI=1S/C13H12BrN3O3S/c1-9(18)16-10-4-6-11(7-5-10)21(19,20)17-12-3-2-8-15-13(12)14/h2-8,17H,1H3,(H,16,18). The summed E-state index contributed by atoms with van der Waals surface area (Å²) in [5, 5.41) is 2.57. The van der Waals surface area contributed by atoms with Crippen LogP contribution in [0.5, 0.6) is 0 Å². The summed E-state index contributed by atoms with van der Waals surface area (Å²) >= 11 is 3.17. The number of pyridine rings is 1. The maximum absolute atomic E-state index is 12.2. The van der Waals surface area contributed by atoms with Crippen LogP contribution in [0.15, 0.2) is 52.1 Å². The Labute approximate surface area is 130 Å². The first-order valence-electron chi connectivity index (χ1n) is 5.89. The summed E-state index contributed by atoms with van der Waals surface area (Å²) in [5.74, 6) is -0.219. The molecule has 1 aromatic heterocycles. The number of nitrogens with one attached hydrogen (secondary N) is 2. The van der Waals surface area contributed by atoms with E-state index in [0.717, 1.165) is 0 Å². The van der Waals surface area contributed by atoms with Gasteiger partial charge < -0.3 is 5.32 Å². The van der Waals surface area contributed by atoms with E-state index in [4.69, 9.17) is 0 Å². The molecule has 110 valence electrons. The topological polar surface area (TPSA) is 88.2 Å². The van der Waals surface area contributed by atoms with Crippen LogP contribution in [-0.4, -0.2) is 19.3 Å². The van der Waals surface area contributed by atoms with Crippen molar-refractivity contribution in [1.82, 2.24) is 4.98 Å². The van der Waals surface area contributed by atoms with Crippen LogP contribution >= 0.6 is 15.9 Å². The number of sulfonamides is 1. The maximum atomic E-state index is 12.2. The van der Waals surface area contributed by atoms with Gasteiger partial charge in [-0.1, -0.05) is 0 Å². The molecular weight excluding hydrogens is 358 g/mol. The van der Waals surface area contributed by atoms with E-state index in [1.807, 2.05) is 0 Å². The summed E-state index contributed by atoms with van der Waals surface area (Å²) in [6.45, 7) is 1.38. The minimum Gasteiger partial charge on any atom is -0.326 e. The van der Waals surface area contributed by atoms with Gasteiger partial charge in [-0.15, -0.1) is 0 Å². The van der Waals surface area contributed by atoms with Gasteiger partial charge in [-0.25, -0.2) is 13.4 Å². The van der Waals surface area contributed by atoms with E-state index in [0.29, 0.717) is 16.0 Å². The summed E-state index contributed by atoms with van der Waals surface area (Å²) in [5.41, 5.74) is 0.882. The third-order valence-corrected chi connectivity index (χ3v) is 4.50. The van der Waals surface area contributed by atoms with Crippen molar-refractivity contribution in [1.29, 1.82) is 0 Å². The van der Waals surface area contributed by atoms with Crippen molar-refractivity contribution in [3.8, 4) is 0 Å². The molecule has 0 aliphatic heterocycles. The SMILES string of the molecule is CC(=O)Nc1ccc(S(=O)(=O)Nc2cccnc2Br)cc1. The second-order valence-electron chi connectivity index (χ2n) is 4.15. The van der Waals surface area contributed by atoms with Crippen LogP contribution in [0, 0.1) is 0 Å². The van der Waals surface area contributed by atoms with Crippen LogP contribution in [0.4, 0.5) is 11.4 Å². The minimum atomic E-state index is -3.71. The van der Waals surface area contributed by atoms with Crippen molar-refractivity contribution in [3.63, 3.8) is 0 Å². The molecule has 21 heavy (non-hydrogen) atoms. The average Bonchev–Trinajstić information content (AvgIpc) is 2.41. The highest BCUT2D eigenvalue weighted by Crippen LogP contribution is 2.23. The highest BCUT2D eigenvalue weighted by atomic mass is 79.9. The number of halogens is 1. The molecule has 2 N–H and O–H groups in total. The van der Waals surface area contributed by atoms with Crippen LogP contribution in [0.25, 0.3) is 0 Å². The van der Waals surface area contributed by atoms with E-state index >= 15 is 0 Å². The van der Waals surface area contributed by atoms with Gasteiger partial charge in [-0.3, -0.25) is 9.52 Å². The number of carbonyl (C=O) groups excluding carboxylic acids is 1. The largest absolute Gasteiger partial charge is 0.326 e. The Morgan fingerprint density at radius 2 is 1.86 bits per heavy atom. The maximum Gasteiger partial charge on any atom is 0.261 e. The van der Waals surface area contributed by atoms with Gasteiger partial charge >= 0.3 is 0 Å². The monoisotopic (exact) mass is 369 g/mol. The van der Waals surface area contributed by atoms with E-state index < -0.39 is 10.0 Å². The van der Waals surface area contributed by atoms with Gasteiger partial charge in [-0.05, 0) is 52.3 Å². The normalized spacial score (nSPS) is 11.0. The average molecular weight is 370 g/mol. The molecule has 0 bridgehead atoms. The number of nitrogens with zero attached hydrogens (tertiary/aromatic N) is 1. The van der Waals surface area contributed by atoms with Gasteiger partial charge in [0.15, 0.2) is 0 Å². The number of aromatic nitrogens is 1. The predicted molar refractivity (Wildman–Crippen MR) is 83.5 cm³/mol. The molecule has 0 spiro atoms. The molecule has 0 saturated carbocycles. The number of hydrogen-bond acceptors (Lipinski definition) is 4.